The fourth-order valence-corrected chi connectivity index (χ4v) is 4.32. The lowest BCUT2D eigenvalue weighted by molar-refractivity contribution is -0.114. The first-order chi connectivity index (χ1) is 12.0. The molecule has 0 atom stereocenters. The molecule has 1 N–H and O–H groups in total. The number of fused-ring (bicyclic) bond motifs is 3. The summed E-state index contributed by atoms with van der Waals surface area (Å²) in [7, 11) is 0. The molecule has 2 heterocycles. The number of carbonyl (C=O) groups is 1. The lowest BCUT2D eigenvalue weighted by atomic mass is 9.99. The lowest BCUT2D eigenvalue weighted by Crippen LogP contribution is -2.07. The molecule has 2 aromatic heterocycles. The Morgan fingerprint density at radius 2 is 2.16 bits per heavy atom. The number of carbonyl (C=O) groups excluding carboxylic acids is 1. The number of hydrogen-bond acceptors (Lipinski definition) is 5. The van der Waals surface area contributed by atoms with Gasteiger partial charge in [0.25, 0.3) is 0 Å². The van der Waals surface area contributed by atoms with E-state index in [-0.39, 0.29) is 11.7 Å². The van der Waals surface area contributed by atoms with Crippen molar-refractivity contribution in [1.82, 2.24) is 15.0 Å². The van der Waals surface area contributed by atoms with Crippen LogP contribution in [0.4, 0.5) is 9.52 Å². The Hall–Kier alpha value is -1.94. The number of thiazole rings is 1. The van der Waals surface area contributed by atoms with Crippen LogP contribution in [-0.4, -0.2) is 20.9 Å². The summed E-state index contributed by atoms with van der Waals surface area (Å²) in [4.78, 5) is 25.6. The zero-order valence-electron chi connectivity index (χ0n) is 13.1. The highest BCUT2D eigenvalue weighted by Crippen LogP contribution is 2.39. The molecule has 1 aromatic carbocycles. The molecule has 0 radical (unpaired) electrons. The molecule has 0 fully saturated rings. The highest BCUT2D eigenvalue weighted by Gasteiger charge is 2.24. The SMILES string of the molecule is CC(=O)Nc1nc2c(s1)-c1nc(-c3cc(I)ccc3F)ncc1CC2. The lowest BCUT2D eigenvalue weighted by Gasteiger charge is -2.14. The summed E-state index contributed by atoms with van der Waals surface area (Å²) < 4.78 is 15.1. The Kier molecular flexibility index (Phi) is 4.24. The second kappa shape index (κ2) is 6.41. The molecule has 126 valence electrons. The monoisotopic (exact) mass is 466 g/mol. The number of hydrogen-bond donors (Lipinski definition) is 1. The maximum Gasteiger partial charge on any atom is 0.223 e. The largest absolute Gasteiger partial charge is 0.302 e. The molecule has 5 nitrogen and oxygen atoms in total. The Labute approximate surface area is 160 Å². The van der Waals surface area contributed by atoms with Gasteiger partial charge in [0.2, 0.25) is 5.91 Å². The number of aromatic nitrogens is 3. The van der Waals surface area contributed by atoms with Crippen LogP contribution in [0, 0.1) is 9.39 Å². The number of anilines is 1. The molecular weight excluding hydrogens is 454 g/mol. The highest BCUT2D eigenvalue weighted by atomic mass is 127. The van der Waals surface area contributed by atoms with E-state index in [0.717, 1.165) is 38.2 Å². The third kappa shape index (κ3) is 3.15. The maximum absolute atomic E-state index is 14.2. The fourth-order valence-electron chi connectivity index (χ4n) is 2.75. The molecule has 3 aromatic rings. The van der Waals surface area contributed by atoms with Crippen molar-refractivity contribution in [3.05, 3.63) is 45.0 Å². The third-order valence-corrected chi connectivity index (χ3v) is 5.55. The summed E-state index contributed by atoms with van der Waals surface area (Å²) in [6, 6.07) is 4.86. The van der Waals surface area contributed by atoms with Crippen LogP contribution in [0.1, 0.15) is 18.2 Å². The van der Waals surface area contributed by atoms with Gasteiger partial charge in [-0.3, -0.25) is 4.79 Å². The number of aryl methyl sites for hydroxylation is 2. The molecule has 0 bridgehead atoms. The minimum absolute atomic E-state index is 0.157. The van der Waals surface area contributed by atoms with Gasteiger partial charge in [0.05, 0.1) is 21.8 Å². The second-order valence-corrected chi connectivity index (χ2v) is 7.91. The van der Waals surface area contributed by atoms with Crippen molar-refractivity contribution in [2.75, 3.05) is 5.32 Å². The zero-order valence-corrected chi connectivity index (χ0v) is 16.1. The Morgan fingerprint density at radius 1 is 1.32 bits per heavy atom. The van der Waals surface area contributed by atoms with Gasteiger partial charge < -0.3 is 5.32 Å². The number of nitrogens with zero attached hydrogens (tertiary/aromatic N) is 3. The van der Waals surface area contributed by atoms with E-state index in [1.165, 1.54) is 24.3 Å². The van der Waals surface area contributed by atoms with E-state index in [1.807, 2.05) is 0 Å². The van der Waals surface area contributed by atoms with Crippen LogP contribution in [0.25, 0.3) is 22.0 Å². The summed E-state index contributed by atoms with van der Waals surface area (Å²) in [5, 5.41) is 3.28. The van der Waals surface area contributed by atoms with Crippen molar-refractivity contribution in [2.24, 2.45) is 0 Å². The van der Waals surface area contributed by atoms with Gasteiger partial charge in [-0.25, -0.2) is 19.3 Å². The summed E-state index contributed by atoms with van der Waals surface area (Å²) in [5.41, 5.74) is 3.08. The predicted octanol–water partition coefficient (Wildman–Crippen LogP) is 4.07. The second-order valence-electron chi connectivity index (χ2n) is 5.67. The number of nitrogens with one attached hydrogen (secondary N) is 1. The standard InChI is InChI=1S/C17H12FIN4OS/c1-8(24)21-17-22-13-5-2-9-7-20-16(23-14(9)15(13)25-17)11-6-10(19)3-4-12(11)18/h3-4,6-7H,2,5H2,1H3,(H,21,22,24). The Balaban J connectivity index is 1.82. The predicted molar refractivity (Wildman–Crippen MR) is 103 cm³/mol. The summed E-state index contributed by atoms with van der Waals surface area (Å²) in [6.07, 6.45) is 3.32. The van der Waals surface area contributed by atoms with Gasteiger partial charge in [-0.2, -0.15) is 0 Å². The van der Waals surface area contributed by atoms with Crippen LogP contribution in [0.15, 0.2) is 24.4 Å². The highest BCUT2D eigenvalue weighted by molar-refractivity contribution is 14.1. The average molecular weight is 466 g/mol. The third-order valence-electron chi connectivity index (χ3n) is 3.86. The van der Waals surface area contributed by atoms with Gasteiger partial charge in [-0.05, 0) is 59.2 Å². The minimum Gasteiger partial charge on any atom is -0.302 e. The fraction of sp³-hybridized carbons (Fsp3) is 0.176. The topological polar surface area (TPSA) is 67.8 Å². The molecule has 25 heavy (non-hydrogen) atoms. The summed E-state index contributed by atoms with van der Waals surface area (Å²) in [5.74, 6) is -0.146. The van der Waals surface area contributed by atoms with E-state index < -0.39 is 0 Å². The van der Waals surface area contributed by atoms with Crippen molar-refractivity contribution >= 4 is 45.0 Å². The van der Waals surface area contributed by atoms with Gasteiger partial charge >= 0.3 is 0 Å². The van der Waals surface area contributed by atoms with Crippen LogP contribution in [0.5, 0.6) is 0 Å². The summed E-state index contributed by atoms with van der Waals surface area (Å²) in [6.45, 7) is 1.45. The summed E-state index contributed by atoms with van der Waals surface area (Å²) >= 11 is 3.53. The Morgan fingerprint density at radius 3 is 2.96 bits per heavy atom. The van der Waals surface area contributed by atoms with E-state index >= 15 is 0 Å². The molecule has 0 saturated carbocycles. The number of benzene rings is 1. The normalized spacial score (nSPS) is 12.4. The maximum atomic E-state index is 14.2. The first-order valence-corrected chi connectivity index (χ1v) is 9.50. The van der Waals surface area contributed by atoms with Gasteiger partial charge in [0, 0.05) is 16.7 Å². The molecule has 4 rings (SSSR count). The molecule has 0 unspecified atom stereocenters. The van der Waals surface area contributed by atoms with E-state index in [0.29, 0.717) is 16.5 Å². The first kappa shape index (κ1) is 16.5. The molecular formula is C17H12FIN4OS. The first-order valence-electron chi connectivity index (χ1n) is 7.60. The van der Waals surface area contributed by atoms with Crippen LogP contribution >= 0.6 is 33.9 Å². The van der Waals surface area contributed by atoms with E-state index in [1.54, 1.807) is 18.3 Å². The van der Waals surface area contributed by atoms with Crippen LogP contribution in [0.2, 0.25) is 0 Å². The van der Waals surface area contributed by atoms with Crippen LogP contribution in [0.3, 0.4) is 0 Å². The number of rotatable bonds is 2. The molecule has 1 amide bonds. The van der Waals surface area contributed by atoms with E-state index in [4.69, 9.17) is 0 Å². The smallest absolute Gasteiger partial charge is 0.223 e. The van der Waals surface area contributed by atoms with Crippen LogP contribution in [-0.2, 0) is 17.6 Å². The number of halogens is 2. The van der Waals surface area contributed by atoms with Crippen molar-refractivity contribution < 1.29 is 9.18 Å². The molecule has 1 aliphatic carbocycles. The minimum atomic E-state index is -0.348. The van der Waals surface area contributed by atoms with Gasteiger partial charge in [-0.15, -0.1) is 0 Å². The molecule has 0 spiro atoms. The molecule has 8 heteroatoms. The van der Waals surface area contributed by atoms with Gasteiger partial charge in [-0.1, -0.05) is 11.3 Å². The van der Waals surface area contributed by atoms with Crippen molar-refractivity contribution in [2.45, 2.75) is 19.8 Å². The molecule has 0 saturated heterocycles. The number of amides is 1. The molecule has 1 aliphatic rings. The quantitative estimate of drug-likeness (QED) is 0.579. The van der Waals surface area contributed by atoms with Crippen molar-refractivity contribution in [1.29, 1.82) is 0 Å². The zero-order chi connectivity index (χ0) is 17.6. The van der Waals surface area contributed by atoms with Gasteiger partial charge in [0.15, 0.2) is 11.0 Å². The van der Waals surface area contributed by atoms with E-state index in [9.17, 15) is 9.18 Å². The Bertz CT molecular complexity index is 1000. The van der Waals surface area contributed by atoms with E-state index in [2.05, 4.69) is 42.9 Å². The van der Waals surface area contributed by atoms with Gasteiger partial charge in [0.1, 0.15) is 5.82 Å². The van der Waals surface area contributed by atoms with Crippen LogP contribution < -0.4 is 5.32 Å². The van der Waals surface area contributed by atoms with Crippen molar-refractivity contribution in [3.8, 4) is 22.0 Å². The molecule has 0 aliphatic heterocycles. The average Bonchev–Trinajstić information content (AvgIpc) is 2.98. The van der Waals surface area contributed by atoms with Crippen molar-refractivity contribution in [3.63, 3.8) is 0 Å².